The minimum absolute atomic E-state index is 0.00703. The number of carbonyl (C=O) groups excluding carboxylic acids is 1. The maximum atomic E-state index is 13.2. The number of halogens is 4. The zero-order valence-electron chi connectivity index (χ0n) is 20.6. The number of nitrogens with zero attached hydrogens (tertiary/aromatic N) is 2. The van der Waals surface area contributed by atoms with Gasteiger partial charge in [-0.1, -0.05) is 11.8 Å². The van der Waals surface area contributed by atoms with Crippen LogP contribution in [0.3, 0.4) is 0 Å². The molecule has 0 radical (unpaired) electrons. The van der Waals surface area contributed by atoms with Gasteiger partial charge in [-0.3, -0.25) is 0 Å². The minimum atomic E-state index is -4.43. The van der Waals surface area contributed by atoms with Gasteiger partial charge in [0.05, 0.1) is 41.4 Å². The maximum Gasteiger partial charge on any atom is 0.394 e. The van der Waals surface area contributed by atoms with Crippen molar-refractivity contribution in [3.05, 3.63) is 58.0 Å². The molecule has 0 aliphatic carbocycles. The summed E-state index contributed by atoms with van der Waals surface area (Å²) in [5.74, 6) is 4.36. The van der Waals surface area contributed by atoms with E-state index in [4.69, 9.17) is 13.6 Å². The first-order chi connectivity index (χ1) is 16.7. The normalized spacial score (nSPS) is 13.0. The smallest absolute Gasteiger partial charge is 0.394 e. The molecule has 3 aromatic heterocycles. The van der Waals surface area contributed by atoms with Gasteiger partial charge in [-0.05, 0) is 60.1 Å². The van der Waals surface area contributed by atoms with E-state index in [1.54, 1.807) is 32.0 Å². The Morgan fingerprint density at radius 2 is 2.15 bits per heavy atom. The summed E-state index contributed by atoms with van der Waals surface area (Å²) in [6.45, 7) is 3.23. The number of hydrogen-bond donors (Lipinski definition) is 1. The van der Waals surface area contributed by atoms with E-state index in [1.165, 1.54) is 22.7 Å². The van der Waals surface area contributed by atoms with Crippen molar-refractivity contribution in [2.45, 2.75) is 32.5 Å². The van der Waals surface area contributed by atoms with E-state index < -0.39 is 31.7 Å². The molecule has 0 saturated carbocycles. The molecule has 0 amide bonds. The summed E-state index contributed by atoms with van der Waals surface area (Å²) in [6, 6.07) is 7.59. The first kappa shape index (κ1) is 20.4. The largest absolute Gasteiger partial charge is 0.480 e. The number of hydrogen-bond acceptors (Lipinski definition) is 5. The van der Waals surface area contributed by atoms with Crippen molar-refractivity contribution < 1.29 is 31.6 Å². The number of aromatic nitrogens is 2. The molecule has 174 valence electrons. The highest BCUT2D eigenvalue weighted by atomic mass is 79.9. The molecule has 3 aromatic rings. The van der Waals surface area contributed by atoms with Gasteiger partial charge in [-0.2, -0.15) is 13.2 Å². The lowest BCUT2D eigenvalue weighted by Crippen LogP contribution is -2.14. The Morgan fingerprint density at radius 3 is 2.85 bits per heavy atom. The number of alkyl halides is 3. The van der Waals surface area contributed by atoms with Gasteiger partial charge in [0.25, 0.3) is 0 Å². The average Bonchev–Trinajstić information content (AvgIpc) is 3.07. The van der Waals surface area contributed by atoms with Gasteiger partial charge in [0, 0.05) is 21.9 Å². The molecule has 0 fully saturated rings. The molecule has 3 heterocycles. The summed E-state index contributed by atoms with van der Waals surface area (Å²) in [4.78, 5) is 16.1. The number of anilines is 1. The van der Waals surface area contributed by atoms with Crippen LogP contribution in [0.2, 0.25) is 0 Å². The van der Waals surface area contributed by atoms with Crippen molar-refractivity contribution in [2.24, 2.45) is 0 Å². The lowest BCUT2D eigenvalue weighted by atomic mass is 10.2. The van der Waals surface area contributed by atoms with E-state index in [9.17, 15) is 18.0 Å². The van der Waals surface area contributed by atoms with Gasteiger partial charge in [0.1, 0.15) is 0 Å². The Balaban J connectivity index is 1.86. The summed E-state index contributed by atoms with van der Waals surface area (Å²) < 4.78 is 73.6. The monoisotopic (exact) mass is 526 g/mol. The van der Waals surface area contributed by atoms with Crippen LogP contribution in [0.5, 0.6) is 5.88 Å². The molecule has 0 bridgehead atoms. The van der Waals surface area contributed by atoms with Gasteiger partial charge in [0.2, 0.25) is 5.88 Å². The molecule has 0 saturated heterocycles. The first-order valence-electron chi connectivity index (χ1n) is 11.2. The van der Waals surface area contributed by atoms with Gasteiger partial charge in [0.15, 0.2) is 5.69 Å². The summed E-state index contributed by atoms with van der Waals surface area (Å²) in [5, 5.41) is 2.82. The summed E-state index contributed by atoms with van der Waals surface area (Å²) in [5.41, 5.74) is 0.706. The second-order valence-corrected chi connectivity index (χ2v) is 8.02. The highest BCUT2D eigenvalue weighted by molar-refractivity contribution is 9.10. The fourth-order valence-electron chi connectivity index (χ4n) is 3.02. The Morgan fingerprint density at radius 1 is 1.36 bits per heavy atom. The molecular weight excluding hydrogens is 503 g/mol. The van der Waals surface area contributed by atoms with Crippen LogP contribution in [0.4, 0.5) is 18.9 Å². The number of esters is 1. The highest BCUT2D eigenvalue weighted by Crippen LogP contribution is 2.29. The van der Waals surface area contributed by atoms with E-state index >= 15 is 0 Å². The third kappa shape index (κ3) is 6.20. The number of nitrogens with one attached hydrogen (secondary N) is 1. The van der Waals surface area contributed by atoms with E-state index in [0.717, 1.165) is 0 Å². The first-order valence-corrected chi connectivity index (χ1v) is 10.5. The van der Waals surface area contributed by atoms with Crippen LogP contribution in [0.1, 0.15) is 39.7 Å². The van der Waals surface area contributed by atoms with Crippen LogP contribution in [0.15, 0.2) is 41.0 Å². The van der Waals surface area contributed by atoms with E-state index in [0.29, 0.717) is 9.99 Å². The molecule has 3 rings (SSSR count). The van der Waals surface area contributed by atoms with Gasteiger partial charge in [-0.15, -0.1) is 0 Å². The topological polar surface area (TPSA) is 64.9 Å². The molecule has 0 aliphatic heterocycles. The molecule has 1 N–H and O–H groups in total. The van der Waals surface area contributed by atoms with Crippen LogP contribution in [0, 0.1) is 11.8 Å². The molecule has 0 spiro atoms. The molecular formula is C23H21BrF3N3O3. The Hall–Kier alpha value is -3.19. The number of fused-ring (bicyclic) bond motifs is 1. The predicted molar refractivity (Wildman–Crippen MR) is 122 cm³/mol. The third-order valence-electron chi connectivity index (χ3n) is 4.33. The van der Waals surface area contributed by atoms with Crippen LogP contribution >= 0.6 is 15.9 Å². The number of pyridine rings is 2. The maximum absolute atomic E-state index is 13.2. The molecule has 0 aromatic carbocycles. The van der Waals surface area contributed by atoms with Gasteiger partial charge in [-0.25, -0.2) is 9.78 Å². The quantitative estimate of drug-likeness (QED) is 0.351. The Bertz CT molecular complexity index is 1330. The fraction of sp³-hybridized carbons (Fsp3) is 0.304. The number of methoxy groups -OCH3 is 1. The molecule has 0 atom stereocenters. The van der Waals surface area contributed by atoms with Gasteiger partial charge < -0.3 is 19.2 Å². The molecule has 33 heavy (non-hydrogen) atoms. The van der Waals surface area contributed by atoms with Crippen molar-refractivity contribution >= 4 is 33.1 Å². The van der Waals surface area contributed by atoms with Crippen LogP contribution in [0.25, 0.3) is 5.52 Å². The second-order valence-electron chi connectivity index (χ2n) is 7.17. The van der Waals surface area contributed by atoms with Crippen LogP contribution in [-0.4, -0.2) is 41.2 Å². The van der Waals surface area contributed by atoms with E-state index in [1.807, 2.05) is 0 Å². The Labute approximate surface area is 201 Å². The zero-order valence-corrected chi connectivity index (χ0v) is 19.2. The van der Waals surface area contributed by atoms with Crippen molar-refractivity contribution in [2.75, 3.05) is 18.9 Å². The lowest BCUT2D eigenvalue weighted by molar-refractivity contribution is -0.128. The SMILES string of the molecule is [2H]C([2H])([2H])Oc1nc(C(=O)OC(C)C)ccc1NCC#Cc1cc2c(Br)cccn2c1CC(F)(F)F. The fourth-order valence-corrected chi connectivity index (χ4v) is 3.47. The van der Waals surface area contributed by atoms with Crippen LogP contribution < -0.4 is 10.1 Å². The van der Waals surface area contributed by atoms with Crippen LogP contribution in [-0.2, 0) is 11.2 Å². The average molecular weight is 527 g/mol. The molecule has 0 unspecified atom stereocenters. The zero-order chi connectivity index (χ0) is 26.7. The van der Waals surface area contributed by atoms with Crippen molar-refractivity contribution in [1.29, 1.82) is 0 Å². The number of carbonyl (C=O) groups is 1. The van der Waals surface area contributed by atoms with Gasteiger partial charge >= 0.3 is 12.1 Å². The molecule has 0 aliphatic rings. The number of rotatable bonds is 6. The lowest BCUT2D eigenvalue weighted by Gasteiger charge is -2.11. The third-order valence-corrected chi connectivity index (χ3v) is 5.00. The number of ether oxygens (including phenoxy) is 2. The minimum Gasteiger partial charge on any atom is -0.480 e. The van der Waals surface area contributed by atoms with Crippen molar-refractivity contribution in [1.82, 2.24) is 9.38 Å². The molecule has 10 heteroatoms. The summed E-state index contributed by atoms with van der Waals surface area (Å²) in [6.07, 6.45) is -4.48. The summed E-state index contributed by atoms with van der Waals surface area (Å²) in [7, 11) is -2.85. The second kappa shape index (κ2) is 10.2. The molecule has 6 nitrogen and oxygen atoms in total. The van der Waals surface area contributed by atoms with E-state index in [2.05, 4.69) is 38.1 Å². The summed E-state index contributed by atoms with van der Waals surface area (Å²) >= 11 is 3.33. The predicted octanol–water partition coefficient (Wildman–Crippen LogP) is 5.24. The Kier molecular flexibility index (Phi) is 6.29. The highest BCUT2D eigenvalue weighted by Gasteiger charge is 2.30. The van der Waals surface area contributed by atoms with Crippen molar-refractivity contribution in [3.8, 4) is 17.7 Å². The standard InChI is InChI=1S/C23H21BrF3N3O3/c1-14(2)33-22(31)18-9-8-17(21(29-18)32-3)28-10-4-6-15-12-19-16(24)7-5-11-30(19)20(15)13-23(25,26)27/h5,7-9,11-12,14,28H,10,13H2,1-3H3/i3D3. The van der Waals surface area contributed by atoms with E-state index in [-0.39, 0.29) is 35.1 Å². The van der Waals surface area contributed by atoms with Crippen molar-refractivity contribution in [3.63, 3.8) is 0 Å².